The van der Waals surface area contributed by atoms with Gasteiger partial charge in [0.1, 0.15) is 11.8 Å². The fraction of sp³-hybridized carbons (Fsp3) is 0.208. The Labute approximate surface area is 191 Å². The number of hydrogen-bond donors (Lipinski definition) is 0. The second kappa shape index (κ2) is 9.58. The molecule has 1 aliphatic rings. The summed E-state index contributed by atoms with van der Waals surface area (Å²) in [4.78, 5) is 20.7. The highest BCUT2D eigenvalue weighted by molar-refractivity contribution is 6.30. The molecule has 1 amide bonds. The van der Waals surface area contributed by atoms with E-state index in [9.17, 15) is 10.1 Å². The van der Waals surface area contributed by atoms with Crippen LogP contribution >= 0.6 is 11.6 Å². The van der Waals surface area contributed by atoms with Crippen LogP contribution in [0.1, 0.15) is 27.5 Å². The van der Waals surface area contributed by atoms with E-state index in [2.05, 4.69) is 11.1 Å². The number of para-hydroxylation sites is 1. The zero-order chi connectivity index (χ0) is 22.5. The number of anilines is 1. The lowest BCUT2D eigenvalue weighted by Gasteiger charge is -2.34. The van der Waals surface area contributed by atoms with Crippen molar-refractivity contribution in [3.63, 3.8) is 0 Å². The normalized spacial score (nSPS) is 13.9. The summed E-state index contributed by atoms with van der Waals surface area (Å²) >= 11 is 5.91. The maximum Gasteiger partial charge on any atom is 0.253 e. The largest absolute Gasteiger partial charge is 0.496 e. The van der Waals surface area contributed by atoms with Crippen LogP contribution in [0.3, 0.4) is 0 Å². The molecule has 1 fully saturated rings. The first-order valence-electron chi connectivity index (χ1n) is 10.1. The van der Waals surface area contributed by atoms with Crippen LogP contribution in [0.4, 0.5) is 5.88 Å². The molecule has 0 radical (unpaired) electrons. The Morgan fingerprint density at radius 3 is 2.53 bits per heavy atom. The standard InChI is InChI=1S/C24H21ClN4O3/c1-31-21-5-3-2-4-17(21)8-11-22-27-20(16-26)24(32-22)29-14-12-28(13-15-29)23(30)18-6-9-19(25)10-7-18/h2-11H,12-15H2,1H3/b11-8+. The first-order chi connectivity index (χ1) is 15.6. The number of benzene rings is 2. The van der Waals surface area contributed by atoms with Crippen LogP contribution in [-0.4, -0.2) is 49.1 Å². The molecule has 0 atom stereocenters. The van der Waals surface area contributed by atoms with Crippen molar-refractivity contribution in [3.8, 4) is 11.8 Å². The fourth-order valence-electron chi connectivity index (χ4n) is 3.54. The summed E-state index contributed by atoms with van der Waals surface area (Å²) in [6.07, 6.45) is 3.54. The van der Waals surface area contributed by atoms with Gasteiger partial charge in [-0.05, 0) is 36.4 Å². The second-order valence-electron chi connectivity index (χ2n) is 7.18. The van der Waals surface area contributed by atoms with E-state index >= 15 is 0 Å². The molecule has 2 aromatic carbocycles. The summed E-state index contributed by atoms with van der Waals surface area (Å²) in [7, 11) is 1.61. The van der Waals surface area contributed by atoms with Crippen LogP contribution in [-0.2, 0) is 0 Å². The molecule has 7 nitrogen and oxygen atoms in total. The van der Waals surface area contributed by atoms with E-state index in [4.69, 9.17) is 20.8 Å². The molecule has 1 saturated heterocycles. The van der Waals surface area contributed by atoms with Gasteiger partial charge in [-0.25, -0.2) is 0 Å². The van der Waals surface area contributed by atoms with Gasteiger partial charge in [0.05, 0.1) is 7.11 Å². The molecule has 0 N–H and O–H groups in total. The molecule has 4 rings (SSSR count). The van der Waals surface area contributed by atoms with Crippen molar-refractivity contribution in [2.75, 3.05) is 38.2 Å². The summed E-state index contributed by atoms with van der Waals surface area (Å²) in [6, 6.07) is 16.6. The fourth-order valence-corrected chi connectivity index (χ4v) is 3.67. The highest BCUT2D eigenvalue weighted by Gasteiger charge is 2.26. The predicted octanol–water partition coefficient (Wildman–Crippen LogP) is 4.34. The van der Waals surface area contributed by atoms with Crippen LogP contribution in [0.25, 0.3) is 12.2 Å². The molecule has 0 aliphatic carbocycles. The summed E-state index contributed by atoms with van der Waals surface area (Å²) in [5.74, 6) is 1.45. The van der Waals surface area contributed by atoms with E-state index in [0.29, 0.717) is 48.5 Å². The number of aromatic nitrogens is 1. The third-order valence-corrected chi connectivity index (χ3v) is 5.47. The Morgan fingerprint density at radius 1 is 1.12 bits per heavy atom. The molecule has 0 saturated carbocycles. The van der Waals surface area contributed by atoms with Crippen LogP contribution in [0.5, 0.6) is 5.75 Å². The number of rotatable bonds is 5. The number of piperazine rings is 1. The first-order valence-corrected chi connectivity index (χ1v) is 10.5. The molecule has 1 aliphatic heterocycles. The summed E-state index contributed by atoms with van der Waals surface area (Å²) in [5, 5.41) is 10.1. The lowest BCUT2D eigenvalue weighted by atomic mass is 10.2. The Kier molecular flexibility index (Phi) is 6.43. The molecule has 8 heteroatoms. The summed E-state index contributed by atoms with van der Waals surface area (Å²) in [5.41, 5.74) is 1.70. The molecule has 2 heterocycles. The number of carbonyl (C=O) groups excluding carboxylic acids is 1. The first kappa shape index (κ1) is 21.5. The van der Waals surface area contributed by atoms with Crippen LogP contribution < -0.4 is 9.64 Å². The lowest BCUT2D eigenvalue weighted by molar-refractivity contribution is 0.0745. The summed E-state index contributed by atoms with van der Waals surface area (Å²) in [6.45, 7) is 2.11. The van der Waals surface area contributed by atoms with E-state index in [1.165, 1.54) is 0 Å². The van der Waals surface area contributed by atoms with Crippen LogP contribution in [0.15, 0.2) is 52.9 Å². The van der Waals surface area contributed by atoms with Crippen LogP contribution in [0.2, 0.25) is 5.02 Å². The Bertz CT molecular complexity index is 1170. The number of halogens is 1. The zero-order valence-corrected chi connectivity index (χ0v) is 18.2. The molecule has 0 unspecified atom stereocenters. The average Bonchev–Trinajstić information content (AvgIpc) is 3.26. The van der Waals surface area contributed by atoms with Crippen molar-refractivity contribution in [2.24, 2.45) is 0 Å². The van der Waals surface area contributed by atoms with Gasteiger partial charge in [-0.3, -0.25) is 4.79 Å². The number of carbonyl (C=O) groups is 1. The maximum atomic E-state index is 12.7. The maximum absolute atomic E-state index is 12.7. The van der Waals surface area contributed by atoms with Crippen molar-refractivity contribution in [1.29, 1.82) is 5.26 Å². The number of methoxy groups -OCH3 is 1. The Balaban J connectivity index is 1.45. The van der Waals surface area contributed by atoms with Crippen molar-refractivity contribution in [3.05, 3.63) is 76.3 Å². The van der Waals surface area contributed by atoms with Gasteiger partial charge in [-0.1, -0.05) is 29.8 Å². The number of oxazole rings is 1. The zero-order valence-electron chi connectivity index (χ0n) is 17.5. The highest BCUT2D eigenvalue weighted by Crippen LogP contribution is 2.26. The van der Waals surface area contributed by atoms with Gasteiger partial charge in [0, 0.05) is 48.4 Å². The quantitative estimate of drug-likeness (QED) is 0.577. The van der Waals surface area contributed by atoms with Crippen molar-refractivity contribution in [2.45, 2.75) is 0 Å². The van der Waals surface area contributed by atoms with Gasteiger partial charge in [-0.15, -0.1) is 0 Å². The molecule has 0 bridgehead atoms. The number of nitrogens with zero attached hydrogens (tertiary/aromatic N) is 4. The molecular weight excluding hydrogens is 428 g/mol. The molecule has 0 spiro atoms. The van der Waals surface area contributed by atoms with Crippen LogP contribution in [0, 0.1) is 11.3 Å². The SMILES string of the molecule is COc1ccccc1/C=C/c1nc(C#N)c(N2CCN(C(=O)c3ccc(Cl)cc3)CC2)o1. The summed E-state index contributed by atoms with van der Waals surface area (Å²) < 4.78 is 11.2. The van der Waals surface area contributed by atoms with Gasteiger partial charge in [0.2, 0.25) is 17.5 Å². The minimum Gasteiger partial charge on any atom is -0.496 e. The van der Waals surface area contributed by atoms with E-state index < -0.39 is 0 Å². The topological polar surface area (TPSA) is 82.6 Å². The van der Waals surface area contributed by atoms with Crippen molar-refractivity contribution < 1.29 is 13.9 Å². The van der Waals surface area contributed by atoms with E-state index in [1.54, 1.807) is 42.4 Å². The van der Waals surface area contributed by atoms with Crippen molar-refractivity contribution in [1.82, 2.24) is 9.88 Å². The van der Waals surface area contributed by atoms with Gasteiger partial charge in [0.25, 0.3) is 5.91 Å². The van der Waals surface area contributed by atoms with E-state index in [0.717, 1.165) is 11.3 Å². The van der Waals surface area contributed by atoms with Gasteiger partial charge in [0.15, 0.2) is 0 Å². The second-order valence-corrected chi connectivity index (χ2v) is 7.62. The predicted molar refractivity (Wildman–Crippen MR) is 123 cm³/mol. The highest BCUT2D eigenvalue weighted by atomic mass is 35.5. The van der Waals surface area contributed by atoms with E-state index in [1.807, 2.05) is 35.2 Å². The molecule has 1 aromatic heterocycles. The van der Waals surface area contributed by atoms with Gasteiger partial charge >= 0.3 is 0 Å². The number of hydrogen-bond acceptors (Lipinski definition) is 6. The van der Waals surface area contributed by atoms with Gasteiger partial charge in [-0.2, -0.15) is 10.2 Å². The minimum atomic E-state index is -0.0418. The smallest absolute Gasteiger partial charge is 0.253 e. The molecule has 162 valence electrons. The molecular formula is C24H21ClN4O3. The lowest BCUT2D eigenvalue weighted by Crippen LogP contribution is -2.48. The minimum absolute atomic E-state index is 0.0418. The monoisotopic (exact) mass is 448 g/mol. The third-order valence-electron chi connectivity index (χ3n) is 5.22. The van der Waals surface area contributed by atoms with E-state index in [-0.39, 0.29) is 11.6 Å². The third kappa shape index (κ3) is 4.61. The Morgan fingerprint density at radius 2 is 1.84 bits per heavy atom. The number of nitriles is 1. The van der Waals surface area contributed by atoms with Crippen molar-refractivity contribution >= 4 is 35.5 Å². The molecule has 3 aromatic rings. The number of ether oxygens (including phenoxy) is 1. The Hall–Kier alpha value is -3.76. The number of amides is 1. The average molecular weight is 449 g/mol. The molecule has 32 heavy (non-hydrogen) atoms. The van der Waals surface area contributed by atoms with Gasteiger partial charge < -0.3 is 19.0 Å².